The van der Waals surface area contributed by atoms with Gasteiger partial charge in [0.2, 0.25) is 5.91 Å². The molecule has 0 radical (unpaired) electrons. The molecule has 0 aromatic heterocycles. The van der Waals surface area contributed by atoms with E-state index in [1.165, 1.54) is 19.3 Å². The van der Waals surface area contributed by atoms with Gasteiger partial charge in [0.05, 0.1) is 0 Å². The fourth-order valence-electron chi connectivity index (χ4n) is 3.36. The Hall–Kier alpha value is -0.570. The van der Waals surface area contributed by atoms with Crippen molar-refractivity contribution in [1.82, 2.24) is 5.32 Å². The summed E-state index contributed by atoms with van der Waals surface area (Å²) in [6.07, 6.45) is 6.00. The molecule has 0 saturated heterocycles. The van der Waals surface area contributed by atoms with Gasteiger partial charge in [0.1, 0.15) is 0 Å². The zero-order chi connectivity index (χ0) is 11.7. The SMILES string of the molecule is CC(C)C(=O)NC1C2CCCC1CC(N)C2. The molecule has 0 heterocycles. The van der Waals surface area contributed by atoms with E-state index in [9.17, 15) is 4.79 Å². The van der Waals surface area contributed by atoms with Crippen LogP contribution in [-0.2, 0) is 4.79 Å². The molecule has 92 valence electrons. The maximum Gasteiger partial charge on any atom is 0.222 e. The van der Waals surface area contributed by atoms with E-state index in [1.54, 1.807) is 0 Å². The van der Waals surface area contributed by atoms with Crippen LogP contribution in [0.3, 0.4) is 0 Å². The first-order valence-electron chi connectivity index (χ1n) is 6.64. The largest absolute Gasteiger partial charge is 0.353 e. The predicted octanol–water partition coefficient (Wildman–Crippen LogP) is 1.66. The fraction of sp³-hybridized carbons (Fsp3) is 0.923. The highest BCUT2D eigenvalue weighted by Crippen LogP contribution is 2.39. The molecular formula is C13H24N2O. The molecule has 2 atom stereocenters. The van der Waals surface area contributed by atoms with Crippen LogP contribution in [0.25, 0.3) is 0 Å². The maximum absolute atomic E-state index is 11.8. The second kappa shape index (κ2) is 4.74. The Morgan fingerprint density at radius 2 is 1.81 bits per heavy atom. The summed E-state index contributed by atoms with van der Waals surface area (Å²) in [6, 6.07) is 0.769. The van der Waals surface area contributed by atoms with Crippen molar-refractivity contribution in [3.05, 3.63) is 0 Å². The molecular weight excluding hydrogens is 200 g/mol. The summed E-state index contributed by atoms with van der Waals surface area (Å²) >= 11 is 0. The van der Waals surface area contributed by atoms with E-state index in [1.807, 2.05) is 13.8 Å². The Bertz CT molecular complexity index is 251. The molecule has 2 saturated carbocycles. The van der Waals surface area contributed by atoms with E-state index in [4.69, 9.17) is 5.73 Å². The molecule has 3 heteroatoms. The second-order valence-electron chi connectivity index (χ2n) is 5.87. The number of nitrogens with one attached hydrogen (secondary N) is 1. The summed E-state index contributed by atoms with van der Waals surface area (Å²) in [5.41, 5.74) is 6.07. The highest BCUT2D eigenvalue weighted by molar-refractivity contribution is 5.78. The lowest BCUT2D eigenvalue weighted by Crippen LogP contribution is -2.54. The molecule has 2 fully saturated rings. The third kappa shape index (κ3) is 2.40. The van der Waals surface area contributed by atoms with E-state index < -0.39 is 0 Å². The number of fused-ring (bicyclic) bond motifs is 2. The Labute approximate surface area is 98.2 Å². The minimum atomic E-state index is 0.0938. The zero-order valence-corrected chi connectivity index (χ0v) is 10.4. The van der Waals surface area contributed by atoms with Gasteiger partial charge in [-0.1, -0.05) is 20.3 Å². The van der Waals surface area contributed by atoms with Crippen LogP contribution in [0.15, 0.2) is 0 Å². The third-order valence-corrected chi connectivity index (χ3v) is 4.21. The fourth-order valence-corrected chi connectivity index (χ4v) is 3.36. The number of rotatable bonds is 2. The van der Waals surface area contributed by atoms with Crippen LogP contribution in [0.1, 0.15) is 46.0 Å². The van der Waals surface area contributed by atoms with Crippen molar-refractivity contribution >= 4 is 5.91 Å². The van der Waals surface area contributed by atoms with Gasteiger partial charge in [-0.3, -0.25) is 4.79 Å². The van der Waals surface area contributed by atoms with Gasteiger partial charge in [0, 0.05) is 18.0 Å². The molecule has 3 nitrogen and oxygen atoms in total. The van der Waals surface area contributed by atoms with Gasteiger partial charge >= 0.3 is 0 Å². The third-order valence-electron chi connectivity index (χ3n) is 4.21. The summed E-state index contributed by atoms with van der Waals surface area (Å²) in [6.45, 7) is 3.92. The number of carbonyl (C=O) groups is 1. The summed E-state index contributed by atoms with van der Waals surface area (Å²) in [4.78, 5) is 11.8. The number of hydrogen-bond acceptors (Lipinski definition) is 2. The highest BCUT2D eigenvalue weighted by Gasteiger charge is 2.39. The standard InChI is InChI=1S/C13H24N2O/c1-8(2)13(16)15-12-9-4-3-5-10(12)7-11(14)6-9/h8-12H,3-7,14H2,1-2H3,(H,15,16). The van der Waals surface area contributed by atoms with E-state index >= 15 is 0 Å². The van der Waals surface area contributed by atoms with Gasteiger partial charge in [-0.05, 0) is 37.5 Å². The monoisotopic (exact) mass is 224 g/mol. The van der Waals surface area contributed by atoms with Crippen molar-refractivity contribution in [2.75, 3.05) is 0 Å². The van der Waals surface area contributed by atoms with Crippen molar-refractivity contribution in [2.24, 2.45) is 23.5 Å². The Morgan fingerprint density at radius 1 is 1.25 bits per heavy atom. The zero-order valence-electron chi connectivity index (χ0n) is 10.4. The van der Waals surface area contributed by atoms with Gasteiger partial charge in [0.25, 0.3) is 0 Å². The lowest BCUT2D eigenvalue weighted by atomic mass is 9.67. The van der Waals surface area contributed by atoms with Crippen molar-refractivity contribution in [3.8, 4) is 0 Å². The first kappa shape index (κ1) is 11.9. The predicted molar refractivity (Wildman–Crippen MR) is 64.8 cm³/mol. The van der Waals surface area contributed by atoms with Crippen LogP contribution in [0, 0.1) is 17.8 Å². The van der Waals surface area contributed by atoms with Gasteiger partial charge in [0.15, 0.2) is 0 Å². The average molecular weight is 224 g/mol. The first-order chi connectivity index (χ1) is 7.58. The number of amides is 1. The van der Waals surface area contributed by atoms with Crippen LogP contribution in [0.5, 0.6) is 0 Å². The smallest absolute Gasteiger partial charge is 0.222 e. The molecule has 2 unspecified atom stereocenters. The molecule has 16 heavy (non-hydrogen) atoms. The summed E-state index contributed by atoms with van der Waals surface area (Å²) in [7, 11) is 0. The van der Waals surface area contributed by atoms with Gasteiger partial charge < -0.3 is 11.1 Å². The van der Waals surface area contributed by atoms with Crippen LogP contribution < -0.4 is 11.1 Å². The first-order valence-corrected chi connectivity index (χ1v) is 6.64. The van der Waals surface area contributed by atoms with Crippen molar-refractivity contribution in [1.29, 1.82) is 0 Å². The minimum Gasteiger partial charge on any atom is -0.353 e. The molecule has 3 N–H and O–H groups in total. The Kier molecular flexibility index (Phi) is 3.53. The van der Waals surface area contributed by atoms with Crippen LogP contribution in [-0.4, -0.2) is 18.0 Å². The number of hydrogen-bond donors (Lipinski definition) is 2. The molecule has 2 aliphatic rings. The lowest BCUT2D eigenvalue weighted by molar-refractivity contribution is -0.126. The van der Waals surface area contributed by atoms with Gasteiger partial charge in [-0.2, -0.15) is 0 Å². The van der Waals surface area contributed by atoms with Crippen molar-refractivity contribution in [2.45, 2.75) is 58.0 Å². The summed E-state index contributed by atoms with van der Waals surface area (Å²) in [5.74, 6) is 1.56. The number of nitrogens with two attached hydrogens (primary N) is 1. The summed E-state index contributed by atoms with van der Waals surface area (Å²) in [5, 5.41) is 3.25. The molecule has 1 amide bonds. The molecule has 2 aliphatic carbocycles. The van der Waals surface area contributed by atoms with Gasteiger partial charge in [-0.15, -0.1) is 0 Å². The molecule has 0 aromatic rings. The van der Waals surface area contributed by atoms with E-state index in [0.717, 1.165) is 12.8 Å². The van der Waals surface area contributed by atoms with Crippen molar-refractivity contribution < 1.29 is 4.79 Å². The Balaban J connectivity index is 2.00. The van der Waals surface area contributed by atoms with Crippen LogP contribution in [0.2, 0.25) is 0 Å². The molecule has 0 aromatic carbocycles. The quantitative estimate of drug-likeness (QED) is 0.749. The number of carbonyl (C=O) groups excluding carboxylic acids is 1. The van der Waals surface area contributed by atoms with Crippen molar-refractivity contribution in [3.63, 3.8) is 0 Å². The lowest BCUT2D eigenvalue weighted by Gasteiger charge is -2.45. The van der Waals surface area contributed by atoms with E-state index in [2.05, 4.69) is 5.32 Å². The maximum atomic E-state index is 11.8. The molecule has 0 aliphatic heterocycles. The van der Waals surface area contributed by atoms with Crippen LogP contribution >= 0.6 is 0 Å². The molecule has 2 rings (SSSR count). The van der Waals surface area contributed by atoms with Gasteiger partial charge in [-0.25, -0.2) is 0 Å². The van der Waals surface area contributed by atoms with E-state index in [0.29, 0.717) is 23.9 Å². The minimum absolute atomic E-state index is 0.0938. The normalized spacial score (nSPS) is 38.5. The van der Waals surface area contributed by atoms with E-state index in [-0.39, 0.29) is 11.8 Å². The second-order valence-corrected chi connectivity index (χ2v) is 5.87. The highest BCUT2D eigenvalue weighted by atomic mass is 16.1. The average Bonchev–Trinajstić information content (AvgIpc) is 2.19. The summed E-state index contributed by atoms with van der Waals surface area (Å²) < 4.78 is 0. The Morgan fingerprint density at radius 3 is 2.31 bits per heavy atom. The molecule has 0 spiro atoms. The van der Waals surface area contributed by atoms with Crippen LogP contribution in [0.4, 0.5) is 0 Å². The topological polar surface area (TPSA) is 55.1 Å². The molecule has 2 bridgehead atoms.